The molecule has 1 amide bonds. The molecule has 0 radical (unpaired) electrons. The van der Waals surface area contributed by atoms with Gasteiger partial charge in [-0.1, -0.05) is 12.0 Å². The van der Waals surface area contributed by atoms with Crippen LogP contribution in [0.2, 0.25) is 0 Å². The molecular formula is C19H22N2O8. The van der Waals surface area contributed by atoms with E-state index in [1.165, 1.54) is 6.92 Å². The number of hydrogen-bond donors (Lipinski definition) is 5. The van der Waals surface area contributed by atoms with Gasteiger partial charge in [-0.3, -0.25) is 4.79 Å². The zero-order valence-electron chi connectivity index (χ0n) is 15.6. The Morgan fingerprint density at radius 3 is 2.72 bits per heavy atom. The molecule has 0 aliphatic carbocycles. The lowest BCUT2D eigenvalue weighted by atomic mass is 9.93. The molecule has 10 nitrogen and oxygen atoms in total. The molecule has 0 saturated carbocycles. The van der Waals surface area contributed by atoms with Gasteiger partial charge in [-0.15, -0.1) is 0 Å². The molecule has 0 fully saturated rings. The summed E-state index contributed by atoms with van der Waals surface area (Å²) < 4.78 is 10.9. The van der Waals surface area contributed by atoms with Crippen LogP contribution in [0.3, 0.4) is 0 Å². The Labute approximate surface area is 166 Å². The maximum absolute atomic E-state index is 11.6. The number of amides is 1. The SMILES string of the molecule is CC(=O)N[C@H]1[C@@H]([C@H](O)[C@H](O)CO)OC(C(=O)O)=C[C@@H]1OCC#Cc1ccccn1. The number of carbonyl (C=O) groups excluding carboxylic acids is 1. The number of carboxylic acid groups (broad SMARTS) is 1. The van der Waals surface area contributed by atoms with E-state index in [0.717, 1.165) is 6.08 Å². The predicted octanol–water partition coefficient (Wildman–Crippen LogP) is -1.60. The average molecular weight is 406 g/mol. The maximum atomic E-state index is 11.6. The summed E-state index contributed by atoms with van der Waals surface area (Å²) in [7, 11) is 0. The highest BCUT2D eigenvalue weighted by atomic mass is 16.5. The molecule has 0 spiro atoms. The smallest absolute Gasteiger partial charge is 0.370 e. The zero-order valence-corrected chi connectivity index (χ0v) is 15.6. The fourth-order valence-corrected chi connectivity index (χ4v) is 2.68. The van der Waals surface area contributed by atoms with E-state index >= 15 is 0 Å². The number of carbonyl (C=O) groups is 2. The van der Waals surface area contributed by atoms with Crippen LogP contribution < -0.4 is 5.32 Å². The number of aliphatic hydroxyl groups excluding tert-OH is 3. The van der Waals surface area contributed by atoms with Gasteiger partial charge in [-0.2, -0.15) is 0 Å². The summed E-state index contributed by atoms with van der Waals surface area (Å²) in [5.74, 6) is 3.06. The zero-order chi connectivity index (χ0) is 21.4. The van der Waals surface area contributed by atoms with Crippen LogP contribution in [0.25, 0.3) is 0 Å². The van der Waals surface area contributed by atoms with Crippen molar-refractivity contribution in [1.82, 2.24) is 10.3 Å². The van der Waals surface area contributed by atoms with Gasteiger partial charge >= 0.3 is 5.97 Å². The van der Waals surface area contributed by atoms with Crippen LogP contribution in [-0.2, 0) is 19.1 Å². The van der Waals surface area contributed by atoms with Crippen LogP contribution in [0, 0.1) is 11.8 Å². The molecule has 0 aromatic carbocycles. The fraction of sp³-hybridized carbons (Fsp3) is 0.421. The first kappa shape index (κ1) is 22.3. The van der Waals surface area contributed by atoms with Gasteiger partial charge in [0.15, 0.2) is 6.10 Å². The average Bonchev–Trinajstić information content (AvgIpc) is 2.71. The van der Waals surface area contributed by atoms with Crippen LogP contribution in [0.5, 0.6) is 0 Å². The Kier molecular flexibility index (Phi) is 8.11. The topological polar surface area (TPSA) is 158 Å². The van der Waals surface area contributed by atoms with Gasteiger partial charge in [-0.05, 0) is 24.1 Å². The lowest BCUT2D eigenvalue weighted by Gasteiger charge is -2.39. The summed E-state index contributed by atoms with van der Waals surface area (Å²) in [4.78, 5) is 27.0. The van der Waals surface area contributed by atoms with Crippen molar-refractivity contribution in [2.45, 2.75) is 37.4 Å². The van der Waals surface area contributed by atoms with Gasteiger partial charge in [0, 0.05) is 13.1 Å². The minimum Gasteiger partial charge on any atom is -0.478 e. The van der Waals surface area contributed by atoms with Crippen molar-refractivity contribution in [2.24, 2.45) is 0 Å². The van der Waals surface area contributed by atoms with Crippen LogP contribution in [-0.4, -0.2) is 81.0 Å². The number of rotatable bonds is 7. The molecule has 0 saturated heterocycles. The molecule has 0 unspecified atom stereocenters. The van der Waals surface area contributed by atoms with Crippen LogP contribution in [0.4, 0.5) is 0 Å². The highest BCUT2D eigenvalue weighted by Gasteiger charge is 2.44. The van der Waals surface area contributed by atoms with Crippen LogP contribution in [0.1, 0.15) is 12.6 Å². The van der Waals surface area contributed by atoms with E-state index in [4.69, 9.17) is 14.6 Å². The third kappa shape index (κ3) is 6.27. The Morgan fingerprint density at radius 1 is 1.38 bits per heavy atom. The van der Waals surface area contributed by atoms with Gasteiger partial charge < -0.3 is 35.2 Å². The maximum Gasteiger partial charge on any atom is 0.370 e. The van der Waals surface area contributed by atoms with E-state index in [1.54, 1.807) is 24.4 Å². The summed E-state index contributed by atoms with van der Waals surface area (Å²) in [5.41, 5.74) is 0.516. The standard InChI is InChI=1S/C19H22N2O8/c1-11(23)21-16-14(28-8-4-6-12-5-2-3-7-20-12)9-15(19(26)27)29-18(16)17(25)13(24)10-22/h2-3,5,7,9,13-14,16-18,22,24-25H,8,10H2,1H3,(H,21,23)(H,26,27)/t13-,14+,16-,17-,18+/m1/s1. The first-order chi connectivity index (χ1) is 13.8. The number of nitrogens with one attached hydrogen (secondary N) is 1. The predicted molar refractivity (Wildman–Crippen MR) is 98.2 cm³/mol. The van der Waals surface area contributed by atoms with Crippen LogP contribution >= 0.6 is 0 Å². The third-order valence-electron chi connectivity index (χ3n) is 4.01. The Hall–Kier alpha value is -2.97. The summed E-state index contributed by atoms with van der Waals surface area (Å²) in [6.07, 6.45) is -3.00. The minimum atomic E-state index is -1.69. The van der Waals surface area contributed by atoms with Crippen molar-refractivity contribution in [3.8, 4) is 11.8 Å². The molecule has 29 heavy (non-hydrogen) atoms. The number of hydrogen-bond acceptors (Lipinski definition) is 8. The molecule has 1 aromatic rings. The van der Waals surface area contributed by atoms with Crippen molar-refractivity contribution in [2.75, 3.05) is 13.2 Å². The molecule has 5 N–H and O–H groups in total. The van der Waals surface area contributed by atoms with E-state index < -0.39 is 54.7 Å². The number of aromatic nitrogens is 1. The number of ether oxygens (including phenoxy) is 2. The molecule has 2 rings (SSSR count). The monoisotopic (exact) mass is 406 g/mol. The molecule has 1 aliphatic heterocycles. The molecule has 2 heterocycles. The second kappa shape index (κ2) is 10.5. The lowest BCUT2D eigenvalue weighted by molar-refractivity contribution is -0.151. The van der Waals surface area contributed by atoms with Crippen molar-refractivity contribution in [1.29, 1.82) is 0 Å². The van der Waals surface area contributed by atoms with Crippen molar-refractivity contribution < 1.29 is 39.5 Å². The number of carboxylic acids is 1. The van der Waals surface area contributed by atoms with E-state index in [1.807, 2.05) is 0 Å². The Balaban J connectivity index is 2.23. The van der Waals surface area contributed by atoms with Crippen molar-refractivity contribution >= 4 is 11.9 Å². The summed E-state index contributed by atoms with van der Waals surface area (Å²) in [6.45, 7) is 0.299. The van der Waals surface area contributed by atoms with Gasteiger partial charge in [-0.25, -0.2) is 9.78 Å². The third-order valence-corrected chi connectivity index (χ3v) is 4.01. The van der Waals surface area contributed by atoms with E-state index in [2.05, 4.69) is 22.1 Å². The van der Waals surface area contributed by atoms with E-state index in [0.29, 0.717) is 5.69 Å². The van der Waals surface area contributed by atoms with E-state index in [-0.39, 0.29) is 6.61 Å². The van der Waals surface area contributed by atoms with Crippen molar-refractivity contribution in [3.63, 3.8) is 0 Å². The van der Waals surface area contributed by atoms with E-state index in [9.17, 15) is 24.9 Å². The quantitative estimate of drug-likeness (QED) is 0.336. The summed E-state index contributed by atoms with van der Waals surface area (Å²) >= 11 is 0. The second-order valence-electron chi connectivity index (χ2n) is 6.18. The number of pyridine rings is 1. The first-order valence-corrected chi connectivity index (χ1v) is 8.70. The van der Waals surface area contributed by atoms with Gasteiger partial charge in [0.1, 0.15) is 30.6 Å². The largest absolute Gasteiger partial charge is 0.478 e. The Bertz CT molecular complexity index is 801. The molecule has 1 aliphatic rings. The highest BCUT2D eigenvalue weighted by molar-refractivity contribution is 5.84. The number of aliphatic carboxylic acids is 1. The van der Waals surface area contributed by atoms with Gasteiger partial charge in [0.25, 0.3) is 0 Å². The second-order valence-corrected chi connectivity index (χ2v) is 6.18. The summed E-state index contributed by atoms with van der Waals surface area (Å²) in [5, 5.41) is 40.9. The molecule has 0 bridgehead atoms. The number of nitrogens with zero attached hydrogens (tertiary/aromatic N) is 1. The lowest BCUT2D eigenvalue weighted by Crippen LogP contribution is -2.60. The Morgan fingerprint density at radius 2 is 2.14 bits per heavy atom. The fourth-order valence-electron chi connectivity index (χ4n) is 2.68. The first-order valence-electron chi connectivity index (χ1n) is 8.70. The number of aliphatic hydroxyl groups is 3. The molecule has 10 heteroatoms. The molecular weight excluding hydrogens is 384 g/mol. The molecule has 1 aromatic heterocycles. The van der Waals surface area contributed by atoms with Gasteiger partial charge in [0.2, 0.25) is 11.7 Å². The summed E-state index contributed by atoms with van der Waals surface area (Å²) in [6, 6.07) is 4.17. The molecule has 5 atom stereocenters. The normalized spacial score (nSPS) is 22.9. The van der Waals surface area contributed by atoms with Crippen molar-refractivity contribution in [3.05, 3.63) is 41.9 Å². The highest BCUT2D eigenvalue weighted by Crippen LogP contribution is 2.24. The van der Waals surface area contributed by atoms with Gasteiger partial charge in [0.05, 0.1) is 12.6 Å². The minimum absolute atomic E-state index is 0.133. The van der Waals surface area contributed by atoms with Crippen LogP contribution in [0.15, 0.2) is 36.2 Å². The molecule has 156 valence electrons.